The van der Waals surface area contributed by atoms with Gasteiger partial charge in [0.2, 0.25) is 5.91 Å². The van der Waals surface area contributed by atoms with Crippen LogP contribution in [-0.4, -0.2) is 52.2 Å². The van der Waals surface area contributed by atoms with Crippen LogP contribution in [-0.2, 0) is 14.4 Å². The van der Waals surface area contributed by atoms with Crippen LogP contribution in [0.25, 0.3) is 0 Å². The molecule has 0 bridgehead atoms. The third-order valence-electron chi connectivity index (χ3n) is 3.35. The summed E-state index contributed by atoms with van der Waals surface area (Å²) in [4.78, 5) is 49.1. The molecule has 5 amide bonds. The van der Waals surface area contributed by atoms with Crippen molar-refractivity contribution < 1.29 is 19.2 Å². The van der Waals surface area contributed by atoms with Crippen molar-refractivity contribution in [3.63, 3.8) is 0 Å². The second-order valence-corrected chi connectivity index (χ2v) is 6.27. The highest BCUT2D eigenvalue weighted by molar-refractivity contribution is 6.45. The zero-order chi connectivity index (χ0) is 16.4. The maximum absolute atomic E-state index is 12.1. The lowest BCUT2D eigenvalue weighted by Crippen LogP contribution is -2.48. The van der Waals surface area contributed by atoms with Crippen molar-refractivity contribution in [1.29, 1.82) is 0 Å². The van der Waals surface area contributed by atoms with Gasteiger partial charge < -0.3 is 5.32 Å². The molecule has 0 saturated carbocycles. The van der Waals surface area contributed by atoms with Crippen molar-refractivity contribution >= 4 is 23.8 Å². The molecule has 0 aromatic rings. The molecule has 0 unspecified atom stereocenters. The Morgan fingerprint density at radius 3 is 2.14 bits per heavy atom. The van der Waals surface area contributed by atoms with Crippen molar-refractivity contribution in [2.45, 2.75) is 46.6 Å². The Labute approximate surface area is 124 Å². The molecular formula is C14H23N3O4. The minimum absolute atomic E-state index is 0.0542. The quantitative estimate of drug-likeness (QED) is 0.578. The van der Waals surface area contributed by atoms with Crippen LogP contribution in [0.15, 0.2) is 0 Å². The van der Waals surface area contributed by atoms with Crippen LogP contribution in [0.5, 0.6) is 0 Å². The number of hydrogen-bond donors (Lipinski definition) is 1. The lowest BCUT2D eigenvalue weighted by Gasteiger charge is -2.25. The summed E-state index contributed by atoms with van der Waals surface area (Å²) in [6.07, 6.45) is 0.707. The summed E-state index contributed by atoms with van der Waals surface area (Å²) < 4.78 is 0. The molecular weight excluding hydrogens is 274 g/mol. The second-order valence-electron chi connectivity index (χ2n) is 6.27. The summed E-state index contributed by atoms with van der Waals surface area (Å²) in [5, 5.41) is 2.73. The number of nitrogens with one attached hydrogen (secondary N) is 1. The van der Waals surface area contributed by atoms with E-state index in [-0.39, 0.29) is 12.5 Å². The summed E-state index contributed by atoms with van der Waals surface area (Å²) in [6, 6.07) is -0.719. The summed E-state index contributed by atoms with van der Waals surface area (Å²) in [5.74, 6) is -2.21. The van der Waals surface area contributed by atoms with Gasteiger partial charge in [-0.25, -0.2) is 9.69 Å². The van der Waals surface area contributed by atoms with Crippen LogP contribution >= 0.6 is 0 Å². The van der Waals surface area contributed by atoms with E-state index in [1.54, 1.807) is 0 Å². The van der Waals surface area contributed by atoms with Gasteiger partial charge in [0, 0.05) is 12.1 Å². The Morgan fingerprint density at radius 2 is 1.67 bits per heavy atom. The first kappa shape index (κ1) is 17.1. The smallest absolute Gasteiger partial charge is 0.334 e. The van der Waals surface area contributed by atoms with Crippen molar-refractivity contribution in [3.05, 3.63) is 0 Å². The zero-order valence-corrected chi connectivity index (χ0v) is 13.2. The molecule has 1 aliphatic rings. The van der Waals surface area contributed by atoms with E-state index in [4.69, 9.17) is 0 Å². The number of urea groups is 1. The fraction of sp³-hybridized carbons (Fsp3) is 0.714. The van der Waals surface area contributed by atoms with Gasteiger partial charge >= 0.3 is 17.8 Å². The monoisotopic (exact) mass is 297 g/mol. The molecule has 0 aromatic carbocycles. The lowest BCUT2D eigenvalue weighted by molar-refractivity contribution is -0.144. The van der Waals surface area contributed by atoms with E-state index in [0.717, 1.165) is 4.90 Å². The van der Waals surface area contributed by atoms with E-state index in [2.05, 4.69) is 5.32 Å². The van der Waals surface area contributed by atoms with E-state index in [1.807, 2.05) is 34.6 Å². The predicted molar refractivity (Wildman–Crippen MR) is 76.2 cm³/mol. The molecule has 21 heavy (non-hydrogen) atoms. The first-order valence-electron chi connectivity index (χ1n) is 7.07. The minimum Gasteiger partial charge on any atom is -0.350 e. The fourth-order valence-electron chi connectivity index (χ4n) is 1.86. The molecule has 1 rings (SSSR count). The van der Waals surface area contributed by atoms with Crippen molar-refractivity contribution in [2.75, 3.05) is 13.1 Å². The van der Waals surface area contributed by atoms with E-state index in [9.17, 15) is 19.2 Å². The minimum atomic E-state index is -0.940. The number of amides is 5. The SMILES string of the molecule is CCC(C)(C)NC(=O)CN1C(=O)C(=O)N(CC(C)C)C1=O. The number of carbonyl (C=O) groups excluding carboxylic acids is 4. The molecule has 1 heterocycles. The Kier molecular flexibility index (Phi) is 5.09. The van der Waals surface area contributed by atoms with Gasteiger partial charge in [-0.05, 0) is 26.2 Å². The number of nitrogens with zero attached hydrogens (tertiary/aromatic N) is 2. The number of imide groups is 2. The average Bonchev–Trinajstić information content (AvgIpc) is 2.55. The van der Waals surface area contributed by atoms with Gasteiger partial charge in [-0.3, -0.25) is 19.3 Å². The van der Waals surface area contributed by atoms with Crippen LogP contribution in [0, 0.1) is 5.92 Å². The highest BCUT2D eigenvalue weighted by Crippen LogP contribution is 2.14. The van der Waals surface area contributed by atoms with E-state index >= 15 is 0 Å². The maximum atomic E-state index is 12.1. The van der Waals surface area contributed by atoms with Crippen LogP contribution in [0.2, 0.25) is 0 Å². The predicted octanol–water partition coefficient (Wildman–Crippen LogP) is 0.738. The molecule has 7 heteroatoms. The summed E-state index contributed by atoms with van der Waals surface area (Å²) in [7, 11) is 0. The Balaban J connectivity index is 2.76. The molecule has 1 N–H and O–H groups in total. The highest BCUT2D eigenvalue weighted by atomic mass is 16.2. The van der Waals surface area contributed by atoms with Crippen LogP contribution in [0.3, 0.4) is 0 Å². The molecule has 118 valence electrons. The van der Waals surface area contributed by atoms with Gasteiger partial charge in [0.25, 0.3) is 0 Å². The Morgan fingerprint density at radius 1 is 1.14 bits per heavy atom. The number of rotatable bonds is 6. The molecule has 1 fully saturated rings. The summed E-state index contributed by atoms with van der Waals surface area (Å²) in [5.41, 5.74) is -0.426. The molecule has 0 aliphatic carbocycles. The second kappa shape index (κ2) is 6.24. The van der Waals surface area contributed by atoms with Crippen molar-refractivity contribution in [2.24, 2.45) is 5.92 Å². The van der Waals surface area contributed by atoms with Gasteiger partial charge in [-0.2, -0.15) is 0 Å². The molecule has 0 radical (unpaired) electrons. The van der Waals surface area contributed by atoms with Gasteiger partial charge in [0.15, 0.2) is 0 Å². The van der Waals surface area contributed by atoms with Crippen molar-refractivity contribution in [1.82, 2.24) is 15.1 Å². The average molecular weight is 297 g/mol. The third-order valence-corrected chi connectivity index (χ3v) is 3.35. The van der Waals surface area contributed by atoms with Crippen LogP contribution in [0.1, 0.15) is 41.0 Å². The molecule has 0 spiro atoms. The van der Waals surface area contributed by atoms with E-state index < -0.39 is 35.8 Å². The van der Waals surface area contributed by atoms with Crippen LogP contribution < -0.4 is 5.32 Å². The van der Waals surface area contributed by atoms with E-state index in [1.165, 1.54) is 0 Å². The standard InChI is InChI=1S/C14H23N3O4/c1-6-14(4,5)15-10(18)8-17-12(20)11(19)16(13(17)21)7-9(2)3/h9H,6-8H2,1-5H3,(H,15,18). The van der Waals surface area contributed by atoms with Gasteiger partial charge in [0.05, 0.1) is 0 Å². The summed E-state index contributed by atoms with van der Waals surface area (Å²) >= 11 is 0. The molecule has 1 saturated heterocycles. The molecule has 7 nitrogen and oxygen atoms in total. The normalized spacial score (nSPS) is 16.2. The first-order chi connectivity index (χ1) is 9.59. The largest absolute Gasteiger partial charge is 0.350 e. The molecule has 1 aliphatic heterocycles. The fourth-order valence-corrected chi connectivity index (χ4v) is 1.86. The number of hydrogen-bond acceptors (Lipinski definition) is 4. The zero-order valence-electron chi connectivity index (χ0n) is 13.2. The highest BCUT2D eigenvalue weighted by Gasteiger charge is 2.45. The molecule has 0 aromatic heterocycles. The van der Waals surface area contributed by atoms with Crippen LogP contribution in [0.4, 0.5) is 4.79 Å². The lowest BCUT2D eigenvalue weighted by atomic mass is 10.0. The summed E-state index contributed by atoms with van der Waals surface area (Å²) in [6.45, 7) is 9.02. The number of carbonyl (C=O) groups is 4. The maximum Gasteiger partial charge on any atom is 0.334 e. The Bertz CT molecular complexity index is 471. The van der Waals surface area contributed by atoms with Crippen molar-refractivity contribution in [3.8, 4) is 0 Å². The Hall–Kier alpha value is -1.92. The van der Waals surface area contributed by atoms with E-state index in [0.29, 0.717) is 11.3 Å². The topological polar surface area (TPSA) is 86.8 Å². The van der Waals surface area contributed by atoms with Gasteiger partial charge in [-0.15, -0.1) is 0 Å². The first-order valence-corrected chi connectivity index (χ1v) is 7.07. The third kappa shape index (κ3) is 4.03. The van der Waals surface area contributed by atoms with Gasteiger partial charge in [-0.1, -0.05) is 20.8 Å². The molecule has 0 atom stereocenters. The van der Waals surface area contributed by atoms with Gasteiger partial charge in [0.1, 0.15) is 6.54 Å².